The van der Waals surface area contributed by atoms with Gasteiger partial charge < -0.3 is 34.5 Å². The molecule has 4 unspecified atom stereocenters. The molecule has 0 radical (unpaired) electrons. The van der Waals surface area contributed by atoms with Crippen molar-refractivity contribution in [3.05, 3.63) is 35.2 Å². The SMILES string of the molecule is CC1CN(CC(C)(C)n2cnc(N)c2)CC(C)O1.CC1CN(CC(C)(C)n2cnc([N+](=O)[O-])c2)CC(C)O1. The second-order valence-electron chi connectivity index (χ2n) is 12.1. The van der Waals surface area contributed by atoms with Crippen molar-refractivity contribution < 1.29 is 14.4 Å². The van der Waals surface area contributed by atoms with Crippen molar-refractivity contribution in [1.29, 1.82) is 0 Å². The van der Waals surface area contributed by atoms with E-state index in [0.717, 1.165) is 39.3 Å². The van der Waals surface area contributed by atoms with Crippen LogP contribution < -0.4 is 5.73 Å². The largest absolute Gasteiger partial charge is 0.382 e. The summed E-state index contributed by atoms with van der Waals surface area (Å²) in [5.74, 6) is 0.466. The molecule has 2 aromatic heterocycles. The second-order valence-corrected chi connectivity index (χ2v) is 12.1. The number of ether oxygens (including phenoxy) is 2. The molecule has 4 rings (SSSR count). The van der Waals surface area contributed by atoms with Gasteiger partial charge in [0.15, 0.2) is 0 Å². The first-order valence-electron chi connectivity index (χ1n) is 13.4. The molecule has 214 valence electrons. The van der Waals surface area contributed by atoms with Crippen molar-refractivity contribution in [2.75, 3.05) is 45.0 Å². The Morgan fingerprint density at radius 2 is 1.24 bits per heavy atom. The van der Waals surface area contributed by atoms with Crippen LogP contribution in [0.1, 0.15) is 55.4 Å². The maximum absolute atomic E-state index is 10.7. The highest BCUT2D eigenvalue weighted by Gasteiger charge is 2.31. The fourth-order valence-electron chi connectivity index (χ4n) is 5.49. The van der Waals surface area contributed by atoms with Crippen LogP contribution in [0.4, 0.5) is 11.6 Å². The van der Waals surface area contributed by atoms with E-state index >= 15 is 0 Å². The number of nitrogens with two attached hydrogens (primary N) is 1. The molecule has 38 heavy (non-hydrogen) atoms. The van der Waals surface area contributed by atoms with Gasteiger partial charge in [0.2, 0.25) is 6.33 Å². The molecule has 2 aliphatic rings. The zero-order chi connectivity index (χ0) is 28.3. The van der Waals surface area contributed by atoms with E-state index in [9.17, 15) is 10.1 Å². The summed E-state index contributed by atoms with van der Waals surface area (Å²) in [5.41, 5.74) is 5.42. The van der Waals surface area contributed by atoms with Gasteiger partial charge in [-0.25, -0.2) is 4.98 Å². The minimum atomic E-state index is -0.467. The summed E-state index contributed by atoms with van der Waals surface area (Å²) < 4.78 is 15.4. The zero-order valence-corrected chi connectivity index (χ0v) is 24.2. The lowest BCUT2D eigenvalue weighted by atomic mass is 10.0. The standard InChI is InChI=1S/C13H22N4O3.C13H24N4O/c1-10-5-15(6-11(2)20-10)8-13(3,4)16-7-12(14-9-16)17(18)19;1-10-5-16(6-11(2)18-10)8-13(3,4)17-7-12(14)15-9-17/h7,9-11H,5-6,8H2,1-4H3;7,9-11H,5-6,8,14H2,1-4H3. The van der Waals surface area contributed by atoms with Gasteiger partial charge in [-0.2, -0.15) is 0 Å². The van der Waals surface area contributed by atoms with Crippen molar-refractivity contribution in [2.24, 2.45) is 0 Å². The van der Waals surface area contributed by atoms with Gasteiger partial charge in [0.1, 0.15) is 12.0 Å². The topological polar surface area (TPSA) is 130 Å². The van der Waals surface area contributed by atoms with Crippen LogP contribution in [0.15, 0.2) is 25.0 Å². The number of rotatable bonds is 7. The van der Waals surface area contributed by atoms with E-state index in [4.69, 9.17) is 15.2 Å². The van der Waals surface area contributed by atoms with Crippen LogP contribution in [-0.2, 0) is 20.6 Å². The van der Waals surface area contributed by atoms with E-state index in [0.29, 0.717) is 18.0 Å². The molecule has 2 fully saturated rings. The summed E-state index contributed by atoms with van der Waals surface area (Å²) in [7, 11) is 0. The molecule has 0 bridgehead atoms. The van der Waals surface area contributed by atoms with E-state index < -0.39 is 4.92 Å². The fourth-order valence-corrected chi connectivity index (χ4v) is 5.49. The summed E-state index contributed by atoms with van der Waals surface area (Å²) in [6, 6.07) is 0. The van der Waals surface area contributed by atoms with Gasteiger partial charge in [0.25, 0.3) is 0 Å². The average Bonchev–Trinajstić information content (AvgIpc) is 3.42. The first-order chi connectivity index (χ1) is 17.6. The highest BCUT2D eigenvalue weighted by atomic mass is 16.6. The first kappa shape index (κ1) is 30.0. The number of imidazole rings is 2. The Labute approximate surface area is 226 Å². The highest BCUT2D eigenvalue weighted by molar-refractivity contribution is 5.23. The van der Waals surface area contributed by atoms with Gasteiger partial charge in [0, 0.05) is 45.5 Å². The van der Waals surface area contributed by atoms with Crippen LogP contribution in [0.5, 0.6) is 0 Å². The van der Waals surface area contributed by atoms with Crippen LogP contribution in [0.3, 0.4) is 0 Å². The molecule has 2 N–H and O–H groups in total. The van der Waals surface area contributed by atoms with Crippen LogP contribution in [0, 0.1) is 10.1 Å². The molecule has 4 atom stereocenters. The predicted molar refractivity (Wildman–Crippen MR) is 147 cm³/mol. The lowest BCUT2D eigenvalue weighted by molar-refractivity contribution is -0.389. The summed E-state index contributed by atoms with van der Waals surface area (Å²) in [4.78, 5) is 23.0. The first-order valence-corrected chi connectivity index (χ1v) is 13.4. The lowest BCUT2D eigenvalue weighted by Gasteiger charge is -2.40. The van der Waals surface area contributed by atoms with Crippen molar-refractivity contribution in [3.63, 3.8) is 0 Å². The Kier molecular flexibility index (Phi) is 9.56. The van der Waals surface area contributed by atoms with E-state index in [1.807, 2.05) is 17.1 Å². The Balaban J connectivity index is 0.000000212. The Bertz CT molecular complexity index is 1030. The third-order valence-corrected chi connectivity index (χ3v) is 6.97. The van der Waals surface area contributed by atoms with Gasteiger partial charge >= 0.3 is 5.82 Å². The average molecular weight is 535 g/mol. The minimum absolute atomic E-state index is 0.0125. The molecular weight excluding hydrogens is 488 g/mol. The number of nitrogen functional groups attached to an aromatic ring is 1. The van der Waals surface area contributed by atoms with Crippen molar-refractivity contribution in [1.82, 2.24) is 28.9 Å². The maximum Gasteiger partial charge on any atom is 0.381 e. The predicted octanol–water partition coefficient (Wildman–Crippen LogP) is 2.95. The van der Waals surface area contributed by atoms with Gasteiger partial charge in [-0.1, -0.05) is 0 Å². The molecule has 0 aliphatic carbocycles. The van der Waals surface area contributed by atoms with Gasteiger partial charge in [0.05, 0.1) is 41.8 Å². The number of morpholine rings is 2. The summed E-state index contributed by atoms with van der Waals surface area (Å²) in [6.45, 7) is 22.4. The smallest absolute Gasteiger partial charge is 0.381 e. The number of nitro groups is 1. The third kappa shape index (κ3) is 8.23. The molecule has 4 heterocycles. The van der Waals surface area contributed by atoms with Crippen LogP contribution >= 0.6 is 0 Å². The molecule has 2 aliphatic heterocycles. The molecular formula is C26H46N8O4. The molecule has 12 nitrogen and oxygen atoms in total. The van der Waals surface area contributed by atoms with E-state index in [1.165, 1.54) is 12.5 Å². The Morgan fingerprint density at radius 1 is 0.842 bits per heavy atom. The lowest BCUT2D eigenvalue weighted by Crippen LogP contribution is -2.50. The van der Waals surface area contributed by atoms with Crippen LogP contribution in [-0.4, -0.2) is 97.5 Å². The molecule has 12 heteroatoms. The summed E-state index contributed by atoms with van der Waals surface area (Å²) in [6.07, 6.45) is 7.77. The minimum Gasteiger partial charge on any atom is -0.382 e. The van der Waals surface area contributed by atoms with Gasteiger partial charge in [-0.05, 0) is 65.3 Å². The Hall–Kier alpha value is -2.54. The van der Waals surface area contributed by atoms with Crippen molar-refractivity contribution in [3.8, 4) is 0 Å². The summed E-state index contributed by atoms with van der Waals surface area (Å²) in [5, 5.41) is 10.7. The van der Waals surface area contributed by atoms with Crippen molar-refractivity contribution >= 4 is 11.6 Å². The van der Waals surface area contributed by atoms with Gasteiger partial charge in [-0.3, -0.25) is 9.80 Å². The molecule has 2 aromatic rings. The van der Waals surface area contributed by atoms with Crippen LogP contribution in [0.2, 0.25) is 0 Å². The van der Waals surface area contributed by atoms with Gasteiger partial charge in [-0.15, -0.1) is 0 Å². The Morgan fingerprint density at radius 3 is 1.58 bits per heavy atom. The number of anilines is 1. The molecule has 0 spiro atoms. The van der Waals surface area contributed by atoms with E-state index in [2.05, 4.69) is 79.7 Å². The molecule has 0 aromatic carbocycles. The van der Waals surface area contributed by atoms with E-state index in [-0.39, 0.29) is 29.1 Å². The second kappa shape index (κ2) is 12.1. The van der Waals surface area contributed by atoms with E-state index in [1.54, 1.807) is 0 Å². The number of aromatic nitrogens is 4. The normalized spacial score (nSPS) is 25.6. The number of hydrogen-bond donors (Lipinski definition) is 1. The summed E-state index contributed by atoms with van der Waals surface area (Å²) >= 11 is 0. The van der Waals surface area contributed by atoms with Crippen LogP contribution in [0.25, 0.3) is 0 Å². The maximum atomic E-state index is 10.7. The molecule has 0 saturated carbocycles. The van der Waals surface area contributed by atoms with Crippen molar-refractivity contribution in [2.45, 2.75) is 90.9 Å². The number of nitrogens with zero attached hydrogens (tertiary/aromatic N) is 7. The molecule has 0 amide bonds. The molecule has 2 saturated heterocycles. The number of hydrogen-bond acceptors (Lipinski definition) is 9. The quantitative estimate of drug-likeness (QED) is 0.421. The zero-order valence-electron chi connectivity index (χ0n) is 24.2. The third-order valence-electron chi connectivity index (χ3n) is 6.97. The highest BCUT2D eigenvalue weighted by Crippen LogP contribution is 2.23. The monoisotopic (exact) mass is 534 g/mol. The fraction of sp³-hybridized carbons (Fsp3) is 0.769.